The van der Waals surface area contributed by atoms with Crippen LogP contribution in [0.15, 0.2) is 170 Å². The molecule has 9 aromatic rings. The molecular weight excluding hydrogens is 577 g/mol. The van der Waals surface area contributed by atoms with Gasteiger partial charge in [0.1, 0.15) is 0 Å². The number of hydrogen-bond acceptors (Lipinski definition) is 2. The predicted molar refractivity (Wildman–Crippen MR) is 196 cm³/mol. The maximum atomic E-state index is 5.13. The first-order valence-corrected chi connectivity index (χ1v) is 16.4. The summed E-state index contributed by atoms with van der Waals surface area (Å²) in [5.41, 5.74) is 12.6. The van der Waals surface area contributed by atoms with E-state index in [0.29, 0.717) is 0 Å². The van der Waals surface area contributed by atoms with Crippen molar-refractivity contribution in [1.82, 2.24) is 9.55 Å². The molecule has 0 unspecified atom stereocenters. The van der Waals surface area contributed by atoms with Crippen molar-refractivity contribution in [3.05, 3.63) is 170 Å². The SMILES string of the molecule is c1ccc(-c2cc(-c3ccccc3)nc(-c3ccc(-c4ccc5c(c4)c4sc6ccccc6c4n5-c4ccccc4)cc3)c2)cc1. The zero-order valence-electron chi connectivity index (χ0n) is 25.0. The number of nitrogens with zero attached hydrogens (tertiary/aromatic N) is 2. The molecule has 0 saturated heterocycles. The van der Waals surface area contributed by atoms with E-state index in [0.717, 1.165) is 28.1 Å². The molecule has 0 aliphatic rings. The normalized spacial score (nSPS) is 11.5. The molecule has 216 valence electrons. The fourth-order valence-electron chi connectivity index (χ4n) is 6.56. The molecule has 3 aromatic heterocycles. The highest BCUT2D eigenvalue weighted by atomic mass is 32.1. The van der Waals surface area contributed by atoms with Crippen molar-refractivity contribution in [2.75, 3.05) is 0 Å². The molecule has 0 saturated carbocycles. The van der Waals surface area contributed by atoms with E-state index in [1.54, 1.807) is 0 Å². The molecule has 0 atom stereocenters. The quantitative estimate of drug-likeness (QED) is 0.191. The molecule has 0 amide bonds. The lowest BCUT2D eigenvalue weighted by Gasteiger charge is -2.11. The highest BCUT2D eigenvalue weighted by Crippen LogP contribution is 2.43. The van der Waals surface area contributed by atoms with E-state index in [2.05, 4.69) is 168 Å². The van der Waals surface area contributed by atoms with Gasteiger partial charge in [-0.25, -0.2) is 4.98 Å². The summed E-state index contributed by atoms with van der Waals surface area (Å²) in [5.74, 6) is 0. The van der Waals surface area contributed by atoms with Crippen molar-refractivity contribution in [1.29, 1.82) is 0 Å². The molecule has 2 nitrogen and oxygen atoms in total. The van der Waals surface area contributed by atoms with Crippen LogP contribution in [0.25, 0.3) is 81.7 Å². The standard InChI is InChI=1S/C43H28N2S/c1-4-12-29(13-5-1)34-27-38(31-14-6-2-7-15-31)44-39(28-34)32-22-20-30(21-23-32)33-24-25-40-37(26-33)43-42(36-18-10-11-19-41(36)46-43)45(40)35-16-8-3-9-17-35/h1-28H. The van der Waals surface area contributed by atoms with Crippen molar-refractivity contribution in [2.24, 2.45) is 0 Å². The Morgan fingerprint density at radius 1 is 0.413 bits per heavy atom. The van der Waals surface area contributed by atoms with Crippen LogP contribution >= 0.6 is 11.3 Å². The van der Waals surface area contributed by atoms with E-state index in [9.17, 15) is 0 Å². The molecule has 0 aliphatic carbocycles. The second-order valence-corrected chi connectivity index (χ2v) is 12.7. The maximum absolute atomic E-state index is 5.13. The summed E-state index contributed by atoms with van der Waals surface area (Å²) in [6.07, 6.45) is 0. The minimum Gasteiger partial charge on any atom is -0.308 e. The van der Waals surface area contributed by atoms with E-state index in [1.807, 2.05) is 17.4 Å². The van der Waals surface area contributed by atoms with Gasteiger partial charge in [-0.15, -0.1) is 11.3 Å². The first-order chi connectivity index (χ1) is 22.8. The highest BCUT2D eigenvalue weighted by molar-refractivity contribution is 7.26. The van der Waals surface area contributed by atoms with Gasteiger partial charge in [0, 0.05) is 32.3 Å². The van der Waals surface area contributed by atoms with Gasteiger partial charge in [-0.2, -0.15) is 0 Å². The third-order valence-corrected chi connectivity index (χ3v) is 10.00. The Bertz CT molecular complexity index is 2430. The second kappa shape index (κ2) is 11.0. The van der Waals surface area contributed by atoms with Crippen molar-refractivity contribution >= 4 is 42.5 Å². The van der Waals surface area contributed by atoms with Gasteiger partial charge in [0.15, 0.2) is 0 Å². The number of pyridine rings is 1. The number of benzene rings is 6. The van der Waals surface area contributed by atoms with Crippen LogP contribution in [0.1, 0.15) is 0 Å². The van der Waals surface area contributed by atoms with Gasteiger partial charge < -0.3 is 4.57 Å². The number of fused-ring (bicyclic) bond motifs is 5. The summed E-state index contributed by atoms with van der Waals surface area (Å²) < 4.78 is 5.06. The Morgan fingerprint density at radius 2 is 0.957 bits per heavy atom. The smallest absolute Gasteiger partial charge is 0.0727 e. The number of para-hydroxylation sites is 1. The van der Waals surface area contributed by atoms with Gasteiger partial charge >= 0.3 is 0 Å². The maximum Gasteiger partial charge on any atom is 0.0727 e. The zero-order chi connectivity index (χ0) is 30.5. The zero-order valence-corrected chi connectivity index (χ0v) is 25.8. The van der Waals surface area contributed by atoms with Crippen LogP contribution in [-0.4, -0.2) is 9.55 Å². The molecule has 0 radical (unpaired) electrons. The van der Waals surface area contributed by atoms with Crippen LogP contribution in [0.5, 0.6) is 0 Å². The second-order valence-electron chi connectivity index (χ2n) is 11.6. The Kier molecular flexibility index (Phi) is 6.36. The van der Waals surface area contributed by atoms with Gasteiger partial charge in [-0.05, 0) is 64.7 Å². The molecule has 0 bridgehead atoms. The Hall–Kier alpha value is -5.77. The number of rotatable bonds is 5. The monoisotopic (exact) mass is 604 g/mol. The Labute approximate surface area is 271 Å². The lowest BCUT2D eigenvalue weighted by molar-refractivity contribution is 1.19. The Morgan fingerprint density at radius 3 is 1.67 bits per heavy atom. The summed E-state index contributed by atoms with van der Waals surface area (Å²) in [5, 5.41) is 2.58. The van der Waals surface area contributed by atoms with Gasteiger partial charge in [0.25, 0.3) is 0 Å². The number of thiophene rings is 1. The lowest BCUT2D eigenvalue weighted by atomic mass is 9.98. The predicted octanol–water partition coefficient (Wildman–Crippen LogP) is 12.1. The van der Waals surface area contributed by atoms with Crippen LogP contribution in [0.3, 0.4) is 0 Å². The van der Waals surface area contributed by atoms with E-state index < -0.39 is 0 Å². The number of aromatic nitrogens is 2. The summed E-state index contributed by atoms with van der Waals surface area (Å²) >= 11 is 1.88. The lowest BCUT2D eigenvalue weighted by Crippen LogP contribution is -1.93. The van der Waals surface area contributed by atoms with Crippen molar-refractivity contribution in [3.63, 3.8) is 0 Å². The van der Waals surface area contributed by atoms with Crippen LogP contribution in [0, 0.1) is 0 Å². The molecule has 0 fully saturated rings. The summed E-state index contributed by atoms with van der Waals surface area (Å²) in [7, 11) is 0. The summed E-state index contributed by atoms with van der Waals surface area (Å²) in [6, 6.07) is 60.6. The fourth-order valence-corrected chi connectivity index (χ4v) is 7.77. The first kappa shape index (κ1) is 26.6. The first-order valence-electron chi connectivity index (χ1n) is 15.5. The molecule has 3 heteroatoms. The van der Waals surface area contributed by atoms with Crippen molar-refractivity contribution in [3.8, 4) is 50.5 Å². The average molecular weight is 605 g/mol. The molecule has 46 heavy (non-hydrogen) atoms. The largest absolute Gasteiger partial charge is 0.308 e. The summed E-state index contributed by atoms with van der Waals surface area (Å²) in [4.78, 5) is 5.13. The van der Waals surface area contributed by atoms with Crippen LogP contribution < -0.4 is 0 Å². The minimum atomic E-state index is 0.967. The van der Waals surface area contributed by atoms with E-state index in [4.69, 9.17) is 4.98 Å². The highest BCUT2D eigenvalue weighted by Gasteiger charge is 2.18. The van der Waals surface area contributed by atoms with E-state index in [-0.39, 0.29) is 0 Å². The van der Waals surface area contributed by atoms with Crippen LogP contribution in [0.4, 0.5) is 0 Å². The van der Waals surface area contributed by atoms with E-state index in [1.165, 1.54) is 53.6 Å². The van der Waals surface area contributed by atoms with Crippen molar-refractivity contribution < 1.29 is 0 Å². The Balaban J connectivity index is 1.16. The molecule has 3 heterocycles. The number of hydrogen-bond donors (Lipinski definition) is 0. The summed E-state index contributed by atoms with van der Waals surface area (Å²) in [6.45, 7) is 0. The third kappa shape index (κ3) is 4.52. The van der Waals surface area contributed by atoms with E-state index >= 15 is 0 Å². The molecule has 6 aromatic carbocycles. The average Bonchev–Trinajstić information content (AvgIpc) is 3.67. The topological polar surface area (TPSA) is 17.8 Å². The van der Waals surface area contributed by atoms with Gasteiger partial charge in [-0.1, -0.05) is 127 Å². The van der Waals surface area contributed by atoms with Gasteiger partial charge in [0.2, 0.25) is 0 Å². The van der Waals surface area contributed by atoms with Crippen LogP contribution in [-0.2, 0) is 0 Å². The van der Waals surface area contributed by atoms with Gasteiger partial charge in [0.05, 0.1) is 27.1 Å². The molecule has 0 N–H and O–H groups in total. The minimum absolute atomic E-state index is 0.967. The molecule has 0 spiro atoms. The van der Waals surface area contributed by atoms with Crippen molar-refractivity contribution in [2.45, 2.75) is 0 Å². The third-order valence-electron chi connectivity index (χ3n) is 8.81. The fraction of sp³-hybridized carbons (Fsp3) is 0. The molecule has 0 aliphatic heterocycles. The molecule has 9 rings (SSSR count). The molecular formula is C43H28N2S. The van der Waals surface area contributed by atoms with Crippen LogP contribution in [0.2, 0.25) is 0 Å². The van der Waals surface area contributed by atoms with Gasteiger partial charge in [-0.3, -0.25) is 0 Å².